The van der Waals surface area contributed by atoms with Gasteiger partial charge in [0.15, 0.2) is 16.7 Å². The van der Waals surface area contributed by atoms with Gasteiger partial charge in [-0.1, -0.05) is 24.3 Å². The van der Waals surface area contributed by atoms with Gasteiger partial charge in [-0.05, 0) is 49.0 Å². The van der Waals surface area contributed by atoms with Crippen molar-refractivity contribution in [2.75, 3.05) is 12.0 Å². The Morgan fingerprint density at radius 2 is 1.79 bits per heavy atom. The van der Waals surface area contributed by atoms with Gasteiger partial charge in [-0.25, -0.2) is 13.6 Å². The lowest BCUT2D eigenvalue weighted by atomic mass is 9.91. The summed E-state index contributed by atoms with van der Waals surface area (Å²) in [5.74, 6) is -4.05. The first kappa shape index (κ1) is 19.6. The van der Waals surface area contributed by atoms with Crippen molar-refractivity contribution < 1.29 is 23.1 Å². The number of nitrogens with zero attached hydrogens (tertiary/aromatic N) is 1. The van der Waals surface area contributed by atoms with Gasteiger partial charge in [-0.3, -0.25) is 9.69 Å². The third-order valence-electron chi connectivity index (χ3n) is 4.39. The molecular weight excluding hydrogens is 386 g/mol. The van der Waals surface area contributed by atoms with Crippen molar-refractivity contribution in [3.63, 3.8) is 0 Å². The van der Waals surface area contributed by atoms with E-state index in [1.54, 1.807) is 36.1 Å². The first-order chi connectivity index (χ1) is 13.3. The minimum absolute atomic E-state index is 0.0373. The van der Waals surface area contributed by atoms with Crippen molar-refractivity contribution in [1.82, 2.24) is 5.32 Å². The number of ether oxygens (including phenoxy) is 1. The summed E-state index contributed by atoms with van der Waals surface area (Å²) in [5, 5.41) is 3.20. The number of thiocarbonyl (C=S) groups is 1. The highest BCUT2D eigenvalue weighted by Crippen LogP contribution is 2.34. The summed E-state index contributed by atoms with van der Waals surface area (Å²) >= 11 is 5.44. The van der Waals surface area contributed by atoms with E-state index in [0.29, 0.717) is 11.4 Å². The summed E-state index contributed by atoms with van der Waals surface area (Å²) in [6.07, 6.45) is 0. The van der Waals surface area contributed by atoms with Gasteiger partial charge < -0.3 is 10.1 Å². The Morgan fingerprint density at radius 1 is 1.11 bits per heavy atom. The van der Waals surface area contributed by atoms with Crippen LogP contribution in [0.4, 0.5) is 14.5 Å². The van der Waals surface area contributed by atoms with Crippen molar-refractivity contribution in [2.45, 2.75) is 13.0 Å². The Labute approximate surface area is 165 Å². The summed E-state index contributed by atoms with van der Waals surface area (Å²) in [6.45, 7) is 1.63. The van der Waals surface area contributed by atoms with Crippen LogP contribution in [0.2, 0.25) is 0 Å². The Hall–Kier alpha value is -3.13. The van der Waals surface area contributed by atoms with Gasteiger partial charge in [0.1, 0.15) is 0 Å². The van der Waals surface area contributed by atoms with Gasteiger partial charge in [0.05, 0.1) is 18.7 Å². The maximum Gasteiger partial charge on any atom is 0.379 e. The fourth-order valence-corrected chi connectivity index (χ4v) is 3.43. The van der Waals surface area contributed by atoms with E-state index >= 15 is 0 Å². The molecule has 0 saturated carbocycles. The van der Waals surface area contributed by atoms with Crippen LogP contribution in [0.5, 0.6) is 0 Å². The molecule has 28 heavy (non-hydrogen) atoms. The van der Waals surface area contributed by atoms with Crippen LogP contribution in [0.3, 0.4) is 0 Å². The number of Topliss-reactive ketones (excluding diaryl/α,β-unsaturated/α-hetero) is 1. The van der Waals surface area contributed by atoms with Crippen LogP contribution in [0.15, 0.2) is 59.8 Å². The molecule has 2 aromatic rings. The predicted molar refractivity (Wildman–Crippen MR) is 103 cm³/mol. The molecule has 0 spiro atoms. The third kappa shape index (κ3) is 3.50. The Kier molecular flexibility index (Phi) is 5.51. The van der Waals surface area contributed by atoms with E-state index in [4.69, 9.17) is 12.2 Å². The molecule has 0 aromatic heterocycles. The number of carbonyl (C=O) groups excluding carboxylic acids is 2. The van der Waals surface area contributed by atoms with Gasteiger partial charge in [0.2, 0.25) is 0 Å². The number of rotatable bonds is 4. The lowest BCUT2D eigenvalue weighted by molar-refractivity contribution is -0.150. The molecule has 0 aliphatic carbocycles. The van der Waals surface area contributed by atoms with Gasteiger partial charge in [0.25, 0.3) is 5.78 Å². The Bertz CT molecular complexity index is 992. The number of halogens is 2. The highest BCUT2D eigenvalue weighted by atomic mass is 32.1. The van der Waals surface area contributed by atoms with Crippen LogP contribution in [0.1, 0.15) is 18.5 Å². The van der Waals surface area contributed by atoms with Gasteiger partial charge in [0, 0.05) is 11.4 Å². The van der Waals surface area contributed by atoms with E-state index in [2.05, 4.69) is 10.1 Å². The van der Waals surface area contributed by atoms with E-state index in [1.807, 2.05) is 6.07 Å². The quantitative estimate of drug-likeness (QED) is 0.481. The Morgan fingerprint density at radius 3 is 2.39 bits per heavy atom. The van der Waals surface area contributed by atoms with Crippen LogP contribution >= 0.6 is 12.2 Å². The number of hydrogen-bond acceptors (Lipinski definition) is 4. The molecule has 5 nitrogen and oxygen atoms in total. The molecule has 0 radical (unpaired) electrons. The minimum atomic E-state index is -1.07. The smallest absolute Gasteiger partial charge is 0.379 e. The standard InChI is InChI=1S/C20H16F2N2O3S/c1-11-16(18(25)19(26)27-2)17(12-8-9-14(21)15(22)10-12)23-20(28)24(11)13-6-4-3-5-7-13/h3-10,17H,1-2H3,(H,23,28)/t17-/m1/s1. The first-order valence-corrected chi connectivity index (χ1v) is 8.70. The van der Waals surface area contributed by atoms with Crippen molar-refractivity contribution in [3.05, 3.63) is 77.0 Å². The second-order valence-corrected chi connectivity index (χ2v) is 6.43. The van der Waals surface area contributed by atoms with E-state index in [1.165, 1.54) is 6.07 Å². The molecule has 0 amide bonds. The van der Waals surface area contributed by atoms with E-state index in [0.717, 1.165) is 19.2 Å². The summed E-state index contributed by atoms with van der Waals surface area (Å²) in [5.41, 5.74) is 1.35. The monoisotopic (exact) mass is 402 g/mol. The molecular formula is C20H16F2N2O3S. The molecule has 0 bridgehead atoms. The number of anilines is 1. The average Bonchev–Trinajstić information content (AvgIpc) is 2.69. The van der Waals surface area contributed by atoms with E-state index in [-0.39, 0.29) is 16.2 Å². The number of esters is 1. The number of hydrogen-bond donors (Lipinski definition) is 1. The molecule has 1 atom stereocenters. The number of nitrogens with one attached hydrogen (secondary N) is 1. The Balaban J connectivity index is 2.18. The first-order valence-electron chi connectivity index (χ1n) is 8.29. The second kappa shape index (κ2) is 7.85. The normalized spacial score (nSPS) is 16.6. The summed E-state index contributed by atoms with van der Waals surface area (Å²) in [6, 6.07) is 11.3. The zero-order valence-electron chi connectivity index (χ0n) is 15.0. The molecule has 144 valence electrons. The lowest BCUT2D eigenvalue weighted by Gasteiger charge is -2.37. The van der Waals surface area contributed by atoms with Gasteiger partial charge in [-0.2, -0.15) is 0 Å². The van der Waals surface area contributed by atoms with E-state index < -0.39 is 29.4 Å². The fraction of sp³-hybridized carbons (Fsp3) is 0.150. The van der Waals surface area contributed by atoms with Crippen LogP contribution < -0.4 is 10.2 Å². The van der Waals surface area contributed by atoms with E-state index in [9.17, 15) is 18.4 Å². The molecule has 1 aliphatic heterocycles. The van der Waals surface area contributed by atoms with Gasteiger partial charge in [-0.15, -0.1) is 0 Å². The molecule has 0 unspecified atom stereocenters. The molecule has 0 saturated heterocycles. The molecule has 3 rings (SSSR count). The van der Waals surface area contributed by atoms with Crippen LogP contribution in [0.25, 0.3) is 0 Å². The number of benzene rings is 2. The SMILES string of the molecule is COC(=O)C(=O)C1=C(C)N(c2ccccc2)C(=S)N[C@@H]1c1ccc(F)c(F)c1. The summed E-state index contributed by atoms with van der Waals surface area (Å²) < 4.78 is 31.7. The summed E-state index contributed by atoms with van der Waals surface area (Å²) in [7, 11) is 1.10. The minimum Gasteiger partial charge on any atom is -0.463 e. The predicted octanol–water partition coefficient (Wildman–Crippen LogP) is 3.42. The molecule has 2 aromatic carbocycles. The largest absolute Gasteiger partial charge is 0.463 e. The third-order valence-corrected chi connectivity index (χ3v) is 4.69. The highest BCUT2D eigenvalue weighted by Gasteiger charge is 2.37. The fourth-order valence-electron chi connectivity index (χ4n) is 3.07. The van der Waals surface area contributed by atoms with Crippen molar-refractivity contribution in [2.24, 2.45) is 0 Å². The van der Waals surface area contributed by atoms with Crippen LogP contribution in [-0.4, -0.2) is 24.0 Å². The molecule has 8 heteroatoms. The number of carbonyl (C=O) groups is 2. The topological polar surface area (TPSA) is 58.6 Å². The molecule has 1 aliphatic rings. The number of ketones is 1. The molecule has 1 heterocycles. The van der Waals surface area contributed by atoms with Crippen LogP contribution in [0, 0.1) is 11.6 Å². The van der Waals surface area contributed by atoms with Crippen molar-refractivity contribution in [1.29, 1.82) is 0 Å². The van der Waals surface area contributed by atoms with Crippen molar-refractivity contribution >= 4 is 34.8 Å². The molecule has 1 N–H and O–H groups in total. The van der Waals surface area contributed by atoms with Crippen LogP contribution in [-0.2, 0) is 14.3 Å². The average molecular weight is 402 g/mol. The maximum absolute atomic E-state index is 13.8. The maximum atomic E-state index is 13.8. The van der Waals surface area contributed by atoms with Crippen molar-refractivity contribution in [3.8, 4) is 0 Å². The highest BCUT2D eigenvalue weighted by molar-refractivity contribution is 7.80. The zero-order chi connectivity index (χ0) is 20.4. The molecule has 0 fully saturated rings. The second-order valence-electron chi connectivity index (χ2n) is 6.05. The number of methoxy groups -OCH3 is 1. The zero-order valence-corrected chi connectivity index (χ0v) is 15.8. The summed E-state index contributed by atoms with van der Waals surface area (Å²) in [4.78, 5) is 26.3. The number of allylic oxidation sites excluding steroid dienone is 1. The van der Waals surface area contributed by atoms with Gasteiger partial charge >= 0.3 is 5.97 Å². The number of para-hydroxylation sites is 1. The lowest BCUT2D eigenvalue weighted by Crippen LogP contribution is -2.48.